The van der Waals surface area contributed by atoms with Crippen LogP contribution < -0.4 is 5.32 Å². The summed E-state index contributed by atoms with van der Waals surface area (Å²) in [6.45, 7) is 0. The lowest BCUT2D eigenvalue weighted by Gasteiger charge is -2.43. The van der Waals surface area contributed by atoms with E-state index in [1.165, 1.54) is 16.8 Å². The SMILES string of the molecule is Cn1nc(Cc2cccc(F)c2)c(C2CCC2)c1NC(=O)C[C@H]1CC(F)(F)C1(F)F. The van der Waals surface area contributed by atoms with Gasteiger partial charge in [0.2, 0.25) is 5.91 Å². The molecule has 2 fully saturated rings. The van der Waals surface area contributed by atoms with Crippen LogP contribution in [-0.4, -0.2) is 27.5 Å². The van der Waals surface area contributed by atoms with Crippen molar-refractivity contribution in [3.8, 4) is 0 Å². The number of nitrogens with one attached hydrogen (secondary N) is 1. The van der Waals surface area contributed by atoms with Crippen LogP contribution in [-0.2, 0) is 18.3 Å². The Labute approximate surface area is 170 Å². The molecule has 4 rings (SSSR count). The Morgan fingerprint density at radius 2 is 2.00 bits per heavy atom. The number of amides is 1. The summed E-state index contributed by atoms with van der Waals surface area (Å²) in [5, 5.41) is 7.09. The van der Waals surface area contributed by atoms with Gasteiger partial charge in [-0.1, -0.05) is 18.6 Å². The topological polar surface area (TPSA) is 46.9 Å². The molecule has 1 atom stereocenters. The highest BCUT2D eigenvalue weighted by Gasteiger charge is 2.71. The molecule has 0 unspecified atom stereocenters. The fraction of sp³-hybridized carbons (Fsp3) is 0.524. The number of benzene rings is 1. The molecule has 0 aliphatic heterocycles. The Balaban J connectivity index is 1.54. The summed E-state index contributed by atoms with van der Waals surface area (Å²) in [5.41, 5.74) is 2.22. The van der Waals surface area contributed by atoms with Crippen LogP contribution in [0.3, 0.4) is 0 Å². The van der Waals surface area contributed by atoms with Crippen molar-refractivity contribution in [1.82, 2.24) is 9.78 Å². The third kappa shape index (κ3) is 3.58. The Kier molecular flexibility index (Phi) is 5.10. The van der Waals surface area contributed by atoms with Crippen molar-refractivity contribution in [1.29, 1.82) is 0 Å². The zero-order valence-corrected chi connectivity index (χ0v) is 16.4. The summed E-state index contributed by atoms with van der Waals surface area (Å²) in [6, 6.07) is 6.14. The van der Waals surface area contributed by atoms with E-state index in [-0.39, 0.29) is 11.7 Å². The van der Waals surface area contributed by atoms with Crippen molar-refractivity contribution < 1.29 is 26.7 Å². The molecular formula is C21H22F5N3O. The van der Waals surface area contributed by atoms with Gasteiger partial charge in [0.15, 0.2) is 0 Å². The largest absolute Gasteiger partial charge is 0.313 e. The maximum atomic E-state index is 13.5. The minimum atomic E-state index is -4.17. The monoisotopic (exact) mass is 427 g/mol. The molecule has 1 amide bonds. The summed E-state index contributed by atoms with van der Waals surface area (Å²) < 4.78 is 68.2. The minimum Gasteiger partial charge on any atom is -0.311 e. The molecule has 4 nitrogen and oxygen atoms in total. The average Bonchev–Trinajstić information content (AvgIpc) is 2.88. The molecule has 2 aromatic rings. The summed E-state index contributed by atoms with van der Waals surface area (Å²) in [6.07, 6.45) is 1.50. The van der Waals surface area contributed by atoms with Gasteiger partial charge in [-0.2, -0.15) is 22.7 Å². The second-order valence-corrected chi connectivity index (χ2v) is 8.25. The van der Waals surface area contributed by atoms with Gasteiger partial charge in [-0.15, -0.1) is 0 Å². The van der Waals surface area contributed by atoms with Gasteiger partial charge in [-0.3, -0.25) is 9.48 Å². The van der Waals surface area contributed by atoms with E-state index in [1.807, 2.05) is 0 Å². The summed E-state index contributed by atoms with van der Waals surface area (Å²) >= 11 is 0. The molecular weight excluding hydrogens is 405 g/mol. The summed E-state index contributed by atoms with van der Waals surface area (Å²) in [7, 11) is 1.62. The molecule has 0 bridgehead atoms. The molecule has 30 heavy (non-hydrogen) atoms. The molecule has 1 N–H and O–H groups in total. The van der Waals surface area contributed by atoms with Crippen molar-refractivity contribution in [2.75, 3.05) is 5.32 Å². The molecule has 2 aliphatic carbocycles. The quantitative estimate of drug-likeness (QED) is 0.657. The Bertz CT molecular complexity index is 968. The molecule has 2 aliphatic rings. The van der Waals surface area contributed by atoms with Gasteiger partial charge in [0.05, 0.1) is 5.69 Å². The zero-order valence-electron chi connectivity index (χ0n) is 16.4. The van der Waals surface area contributed by atoms with Crippen LogP contribution in [0.5, 0.6) is 0 Å². The predicted octanol–water partition coefficient (Wildman–Crippen LogP) is 5.04. The standard InChI is InChI=1S/C21H22F5N3O/c1-29-19(27-17(30)10-14-11-20(23,24)21(14,25)26)18(13-5-3-6-13)16(28-29)9-12-4-2-7-15(22)8-12/h2,4,7-8,13-14H,3,5-6,9-11H2,1H3,(H,27,30)/t14-/m0/s1. The molecule has 2 saturated carbocycles. The number of alkyl halides is 4. The maximum Gasteiger partial charge on any atom is 0.313 e. The van der Waals surface area contributed by atoms with Gasteiger partial charge in [0.25, 0.3) is 0 Å². The third-order valence-corrected chi connectivity index (χ3v) is 6.13. The summed E-state index contributed by atoms with van der Waals surface area (Å²) in [4.78, 5) is 12.4. The first-order chi connectivity index (χ1) is 14.1. The molecule has 0 radical (unpaired) electrons. The normalized spacial score (nSPS) is 22.3. The number of rotatable bonds is 6. The second-order valence-electron chi connectivity index (χ2n) is 8.25. The second kappa shape index (κ2) is 7.35. The fourth-order valence-corrected chi connectivity index (χ4v) is 4.19. The average molecular weight is 427 g/mol. The highest BCUT2D eigenvalue weighted by atomic mass is 19.3. The molecule has 9 heteroatoms. The number of carbonyl (C=O) groups excluding carboxylic acids is 1. The first-order valence-corrected chi connectivity index (χ1v) is 9.94. The molecule has 162 valence electrons. The first kappa shape index (κ1) is 20.8. The van der Waals surface area contributed by atoms with Crippen LogP contribution in [0.25, 0.3) is 0 Å². The number of nitrogens with zero attached hydrogens (tertiary/aromatic N) is 2. The molecule has 1 heterocycles. The van der Waals surface area contributed by atoms with Crippen LogP contribution in [0.2, 0.25) is 0 Å². The number of hydrogen-bond donors (Lipinski definition) is 1. The van der Waals surface area contributed by atoms with Crippen LogP contribution in [0, 0.1) is 11.7 Å². The Morgan fingerprint density at radius 1 is 1.27 bits per heavy atom. The van der Waals surface area contributed by atoms with Gasteiger partial charge in [0.1, 0.15) is 11.6 Å². The third-order valence-electron chi connectivity index (χ3n) is 6.13. The van der Waals surface area contributed by atoms with E-state index in [2.05, 4.69) is 10.4 Å². The van der Waals surface area contributed by atoms with Gasteiger partial charge in [-0.05, 0) is 36.5 Å². The lowest BCUT2D eigenvalue weighted by atomic mass is 9.74. The molecule has 1 aromatic carbocycles. The van der Waals surface area contributed by atoms with E-state index in [1.54, 1.807) is 19.2 Å². The van der Waals surface area contributed by atoms with Crippen molar-refractivity contribution in [3.63, 3.8) is 0 Å². The van der Waals surface area contributed by atoms with Crippen molar-refractivity contribution in [2.24, 2.45) is 13.0 Å². The highest BCUT2D eigenvalue weighted by Crippen LogP contribution is 2.56. The predicted molar refractivity (Wildman–Crippen MR) is 100 cm³/mol. The number of anilines is 1. The van der Waals surface area contributed by atoms with E-state index in [4.69, 9.17) is 0 Å². The van der Waals surface area contributed by atoms with Gasteiger partial charge < -0.3 is 5.32 Å². The van der Waals surface area contributed by atoms with Crippen LogP contribution in [0.15, 0.2) is 24.3 Å². The smallest absolute Gasteiger partial charge is 0.311 e. The molecule has 0 saturated heterocycles. The zero-order chi connectivity index (χ0) is 21.7. The van der Waals surface area contributed by atoms with Crippen molar-refractivity contribution in [3.05, 3.63) is 46.9 Å². The van der Waals surface area contributed by atoms with Gasteiger partial charge in [0, 0.05) is 37.8 Å². The lowest BCUT2D eigenvalue weighted by molar-refractivity contribution is -0.313. The summed E-state index contributed by atoms with van der Waals surface area (Å²) in [5.74, 6) is -10.5. The minimum absolute atomic E-state index is 0.159. The maximum absolute atomic E-state index is 13.5. The van der Waals surface area contributed by atoms with Crippen molar-refractivity contribution >= 4 is 11.7 Å². The van der Waals surface area contributed by atoms with Gasteiger partial charge >= 0.3 is 11.8 Å². The van der Waals surface area contributed by atoms with E-state index in [9.17, 15) is 26.7 Å². The number of hydrogen-bond acceptors (Lipinski definition) is 2. The lowest BCUT2D eigenvalue weighted by Crippen LogP contribution is -2.59. The van der Waals surface area contributed by atoms with Crippen molar-refractivity contribution in [2.45, 2.75) is 56.3 Å². The highest BCUT2D eigenvalue weighted by molar-refractivity contribution is 5.91. The molecule has 1 aromatic heterocycles. The number of carbonyl (C=O) groups is 1. The van der Waals surface area contributed by atoms with Gasteiger partial charge in [-0.25, -0.2) is 4.39 Å². The Hall–Kier alpha value is -2.45. The molecule has 0 spiro atoms. The number of halogens is 5. The van der Waals surface area contributed by atoms with E-state index >= 15 is 0 Å². The number of aryl methyl sites for hydroxylation is 1. The van der Waals surface area contributed by atoms with Crippen LogP contribution in [0.4, 0.5) is 27.8 Å². The van der Waals surface area contributed by atoms with E-state index in [0.29, 0.717) is 17.9 Å². The Morgan fingerprint density at radius 3 is 2.57 bits per heavy atom. The first-order valence-electron chi connectivity index (χ1n) is 9.94. The number of aromatic nitrogens is 2. The van der Waals surface area contributed by atoms with E-state index in [0.717, 1.165) is 30.4 Å². The van der Waals surface area contributed by atoms with E-state index < -0.39 is 36.5 Å². The fourth-order valence-electron chi connectivity index (χ4n) is 4.19. The van der Waals surface area contributed by atoms with Crippen LogP contribution >= 0.6 is 0 Å². The van der Waals surface area contributed by atoms with Crippen LogP contribution in [0.1, 0.15) is 54.8 Å².